The monoisotopic (exact) mass is 304 g/mol. The molecule has 0 radical (unpaired) electrons. The Kier molecular flexibility index (Phi) is 3.65. The number of ether oxygens (including phenoxy) is 2. The highest BCUT2D eigenvalue weighted by atomic mass is 16.7. The molecule has 0 aliphatic heterocycles. The van der Waals surface area contributed by atoms with Crippen LogP contribution in [-0.2, 0) is 15.9 Å². The number of nitrogens with zero attached hydrogens (tertiary/aromatic N) is 4. The molecule has 0 saturated heterocycles. The van der Waals surface area contributed by atoms with E-state index >= 15 is 0 Å². The zero-order chi connectivity index (χ0) is 15.7. The van der Waals surface area contributed by atoms with Crippen molar-refractivity contribution in [3.63, 3.8) is 0 Å². The maximum absolute atomic E-state index is 6.14. The molecule has 3 aromatic heterocycles. The van der Waals surface area contributed by atoms with E-state index in [1.165, 1.54) is 18.7 Å². The van der Waals surface area contributed by atoms with Gasteiger partial charge in [0.05, 0.1) is 6.26 Å². The van der Waals surface area contributed by atoms with Crippen LogP contribution in [0.15, 0.2) is 22.8 Å². The molecule has 0 aliphatic rings. The lowest BCUT2D eigenvalue weighted by Crippen LogP contribution is -2.20. The molecule has 0 fully saturated rings. The Morgan fingerprint density at radius 2 is 2.05 bits per heavy atom. The van der Waals surface area contributed by atoms with Crippen molar-refractivity contribution < 1.29 is 13.9 Å². The molecule has 0 aliphatic carbocycles. The van der Waals surface area contributed by atoms with Gasteiger partial charge in [0.25, 0.3) is 5.78 Å². The summed E-state index contributed by atoms with van der Waals surface area (Å²) in [4.78, 5) is 8.48. The van der Waals surface area contributed by atoms with Crippen LogP contribution >= 0.6 is 0 Å². The van der Waals surface area contributed by atoms with E-state index < -0.39 is 6.29 Å². The van der Waals surface area contributed by atoms with Crippen LogP contribution < -0.4 is 11.5 Å². The maximum Gasteiger partial charge on any atom is 0.256 e. The number of rotatable bonds is 5. The first kappa shape index (κ1) is 14.3. The van der Waals surface area contributed by atoms with Gasteiger partial charge in [-0.1, -0.05) is 0 Å². The highest BCUT2D eigenvalue weighted by Crippen LogP contribution is 2.23. The average molecular weight is 304 g/mol. The fourth-order valence-corrected chi connectivity index (χ4v) is 2.12. The molecule has 3 heterocycles. The Bertz CT molecular complexity index is 779. The van der Waals surface area contributed by atoms with Gasteiger partial charge in [0.1, 0.15) is 11.6 Å². The van der Waals surface area contributed by atoms with Gasteiger partial charge in [-0.25, -0.2) is 0 Å². The smallest absolute Gasteiger partial charge is 0.256 e. The van der Waals surface area contributed by atoms with Crippen molar-refractivity contribution in [3.05, 3.63) is 24.0 Å². The van der Waals surface area contributed by atoms with Crippen molar-refractivity contribution in [3.8, 4) is 11.6 Å². The van der Waals surface area contributed by atoms with Crippen LogP contribution in [0, 0.1) is 0 Å². The third kappa shape index (κ3) is 2.36. The highest BCUT2D eigenvalue weighted by Gasteiger charge is 2.19. The predicted molar refractivity (Wildman–Crippen MR) is 78.8 cm³/mol. The minimum atomic E-state index is -0.475. The second kappa shape index (κ2) is 5.62. The minimum absolute atomic E-state index is 0.266. The topological polar surface area (TPSA) is 127 Å². The van der Waals surface area contributed by atoms with E-state index in [1.54, 1.807) is 18.4 Å². The summed E-state index contributed by atoms with van der Waals surface area (Å²) in [6.07, 6.45) is 1.42. The Labute approximate surface area is 125 Å². The van der Waals surface area contributed by atoms with Crippen molar-refractivity contribution >= 4 is 17.4 Å². The Hall–Kier alpha value is -2.65. The molecule has 4 N–H and O–H groups in total. The third-order valence-electron chi connectivity index (χ3n) is 3.30. The number of aromatic nitrogens is 4. The second-order valence-electron chi connectivity index (χ2n) is 4.59. The van der Waals surface area contributed by atoms with Crippen LogP contribution in [-0.4, -0.2) is 40.1 Å². The molecule has 0 unspecified atom stereocenters. The molecule has 0 amide bonds. The number of hydrogen-bond donors (Lipinski definition) is 2. The Morgan fingerprint density at radius 3 is 2.68 bits per heavy atom. The molecule has 116 valence electrons. The number of fused-ring (bicyclic) bond motifs is 1. The van der Waals surface area contributed by atoms with E-state index in [9.17, 15) is 0 Å². The summed E-state index contributed by atoms with van der Waals surface area (Å²) < 4.78 is 17.0. The summed E-state index contributed by atoms with van der Waals surface area (Å²) in [5.74, 6) is 1.82. The van der Waals surface area contributed by atoms with Crippen LogP contribution in [0.25, 0.3) is 17.4 Å². The summed E-state index contributed by atoms with van der Waals surface area (Å²) in [5, 5.41) is 4.30. The minimum Gasteiger partial charge on any atom is -0.461 e. The molecule has 0 aromatic carbocycles. The van der Waals surface area contributed by atoms with Gasteiger partial charge in [0.2, 0.25) is 5.82 Å². The molecular weight excluding hydrogens is 288 g/mol. The molecule has 3 aromatic rings. The normalized spacial score (nSPS) is 11.6. The van der Waals surface area contributed by atoms with E-state index in [0.717, 1.165) is 0 Å². The van der Waals surface area contributed by atoms with Crippen molar-refractivity contribution in [2.75, 3.05) is 25.7 Å². The quantitative estimate of drug-likeness (QED) is 0.660. The summed E-state index contributed by atoms with van der Waals surface area (Å²) in [6.45, 7) is 0. The predicted octanol–water partition coefficient (Wildman–Crippen LogP) is 0.710. The number of nitrogen functional groups attached to an aromatic ring is 2. The lowest BCUT2D eigenvalue weighted by atomic mass is 10.2. The number of nitrogens with two attached hydrogens (primary N) is 2. The zero-order valence-corrected chi connectivity index (χ0v) is 12.2. The average Bonchev–Trinajstić information content (AvgIpc) is 3.16. The van der Waals surface area contributed by atoms with Crippen LogP contribution in [0.3, 0.4) is 0 Å². The van der Waals surface area contributed by atoms with Gasteiger partial charge in [-0.15, -0.1) is 5.10 Å². The SMILES string of the molecule is COC(Cc1c(N)nc2nc(-c3ccco3)nn2c1N)OC. The van der Waals surface area contributed by atoms with Crippen molar-refractivity contribution in [1.82, 2.24) is 19.6 Å². The lowest BCUT2D eigenvalue weighted by molar-refractivity contribution is -0.100. The van der Waals surface area contributed by atoms with Crippen LogP contribution in [0.2, 0.25) is 0 Å². The van der Waals surface area contributed by atoms with Gasteiger partial charge in [0.15, 0.2) is 12.1 Å². The zero-order valence-electron chi connectivity index (χ0n) is 12.2. The molecule has 0 saturated carbocycles. The molecule has 0 atom stereocenters. The Morgan fingerprint density at radius 1 is 1.27 bits per heavy atom. The van der Waals surface area contributed by atoms with E-state index in [2.05, 4.69) is 15.1 Å². The molecule has 22 heavy (non-hydrogen) atoms. The van der Waals surface area contributed by atoms with E-state index in [-0.39, 0.29) is 5.82 Å². The van der Waals surface area contributed by atoms with E-state index in [4.69, 9.17) is 25.4 Å². The maximum atomic E-state index is 6.14. The van der Waals surface area contributed by atoms with Gasteiger partial charge < -0.3 is 25.4 Å². The van der Waals surface area contributed by atoms with Crippen molar-refractivity contribution in [2.45, 2.75) is 12.7 Å². The van der Waals surface area contributed by atoms with Gasteiger partial charge in [-0.3, -0.25) is 0 Å². The second-order valence-corrected chi connectivity index (χ2v) is 4.59. The standard InChI is InChI=1S/C13H16N6O3/c1-20-9(21-2)6-7-10(14)16-13-17-12(8-4-3-5-22-8)18-19(13)11(7)15/h3-5,9H,6,15H2,1-2H3,(H2,14,16,17,18). The van der Waals surface area contributed by atoms with Gasteiger partial charge in [-0.05, 0) is 12.1 Å². The first-order valence-electron chi connectivity index (χ1n) is 6.54. The summed E-state index contributed by atoms with van der Waals surface area (Å²) in [5.41, 5.74) is 12.7. The lowest BCUT2D eigenvalue weighted by Gasteiger charge is -2.15. The third-order valence-corrected chi connectivity index (χ3v) is 3.30. The van der Waals surface area contributed by atoms with Gasteiger partial charge in [-0.2, -0.15) is 14.5 Å². The highest BCUT2D eigenvalue weighted by molar-refractivity contribution is 5.61. The fourth-order valence-electron chi connectivity index (χ4n) is 2.12. The first-order valence-corrected chi connectivity index (χ1v) is 6.54. The number of anilines is 2. The number of furan rings is 1. The van der Waals surface area contributed by atoms with Gasteiger partial charge >= 0.3 is 0 Å². The number of hydrogen-bond acceptors (Lipinski definition) is 8. The van der Waals surface area contributed by atoms with Gasteiger partial charge in [0, 0.05) is 26.2 Å². The van der Waals surface area contributed by atoms with E-state index in [0.29, 0.717) is 35.2 Å². The molecule has 9 heteroatoms. The fraction of sp³-hybridized carbons (Fsp3) is 0.308. The van der Waals surface area contributed by atoms with Crippen LogP contribution in [0.4, 0.5) is 11.6 Å². The molecule has 9 nitrogen and oxygen atoms in total. The van der Waals surface area contributed by atoms with Crippen LogP contribution in [0.5, 0.6) is 0 Å². The number of methoxy groups -OCH3 is 2. The van der Waals surface area contributed by atoms with Crippen molar-refractivity contribution in [2.24, 2.45) is 0 Å². The van der Waals surface area contributed by atoms with E-state index in [1.807, 2.05) is 0 Å². The summed E-state index contributed by atoms with van der Waals surface area (Å²) >= 11 is 0. The largest absolute Gasteiger partial charge is 0.461 e. The summed E-state index contributed by atoms with van der Waals surface area (Å²) in [7, 11) is 3.08. The Balaban J connectivity index is 2.08. The molecular formula is C13H16N6O3. The van der Waals surface area contributed by atoms with Crippen molar-refractivity contribution in [1.29, 1.82) is 0 Å². The first-order chi connectivity index (χ1) is 10.6. The molecule has 0 bridgehead atoms. The van der Waals surface area contributed by atoms with Crippen LogP contribution in [0.1, 0.15) is 5.56 Å². The molecule has 0 spiro atoms. The summed E-state index contributed by atoms with van der Waals surface area (Å²) in [6, 6.07) is 3.50. The molecule has 3 rings (SSSR count).